The van der Waals surface area contributed by atoms with E-state index in [-0.39, 0.29) is 17.4 Å². The Morgan fingerprint density at radius 3 is 2.62 bits per heavy atom. The summed E-state index contributed by atoms with van der Waals surface area (Å²) in [5.74, 6) is -0.206. The molecule has 0 aromatic heterocycles. The van der Waals surface area contributed by atoms with Gasteiger partial charge in [-0.1, -0.05) is 35.3 Å². The quantitative estimate of drug-likeness (QED) is 0.457. The zero-order chi connectivity index (χ0) is 12.1. The smallest absolute Gasteiger partial charge is 0.210 e. The molecule has 0 bridgehead atoms. The second-order valence-corrected chi connectivity index (χ2v) is 4.22. The summed E-state index contributed by atoms with van der Waals surface area (Å²) < 4.78 is 0. The Labute approximate surface area is 104 Å². The van der Waals surface area contributed by atoms with Crippen molar-refractivity contribution in [2.24, 2.45) is 0 Å². The van der Waals surface area contributed by atoms with Gasteiger partial charge in [0, 0.05) is 4.92 Å². The molecule has 0 N–H and O–H groups in total. The molecule has 0 heterocycles. The molecule has 0 fully saturated rings. The van der Waals surface area contributed by atoms with Gasteiger partial charge in [0.25, 0.3) is 0 Å². The van der Waals surface area contributed by atoms with Crippen LogP contribution in [-0.4, -0.2) is 11.5 Å². The van der Waals surface area contributed by atoms with Gasteiger partial charge in [0.15, 0.2) is 0 Å². The van der Waals surface area contributed by atoms with Crippen LogP contribution < -0.4 is 0 Å². The molecule has 0 amide bonds. The Balaban J connectivity index is 2.95. The topological polar surface area (TPSA) is 43.1 Å². The fourth-order valence-corrected chi connectivity index (χ4v) is 1.77. The highest BCUT2D eigenvalue weighted by Crippen LogP contribution is 2.28. The van der Waals surface area contributed by atoms with Crippen molar-refractivity contribution in [3.05, 3.63) is 56.6 Å². The molecule has 0 aliphatic rings. The van der Waals surface area contributed by atoms with Crippen molar-refractivity contribution in [1.29, 1.82) is 0 Å². The molecule has 0 spiro atoms. The summed E-state index contributed by atoms with van der Waals surface area (Å²) in [7, 11) is 0. The zero-order valence-electron chi connectivity index (χ0n) is 8.53. The van der Waals surface area contributed by atoms with E-state index in [2.05, 4.69) is 6.58 Å². The number of nitro groups is 1. The molecule has 16 heavy (non-hydrogen) atoms. The minimum Gasteiger partial charge on any atom is -0.265 e. The lowest BCUT2D eigenvalue weighted by atomic mass is 9.96. The number of hydrogen-bond donors (Lipinski definition) is 0. The van der Waals surface area contributed by atoms with Gasteiger partial charge in [-0.25, -0.2) is 0 Å². The number of allylic oxidation sites excluding steroid dienone is 1. The molecule has 0 aliphatic carbocycles. The Morgan fingerprint density at radius 2 is 2.12 bits per heavy atom. The van der Waals surface area contributed by atoms with Crippen LogP contribution in [0.25, 0.3) is 0 Å². The number of rotatable bonds is 5. The summed E-state index contributed by atoms with van der Waals surface area (Å²) >= 11 is 11.6. The maximum Gasteiger partial charge on any atom is 0.210 e. The van der Waals surface area contributed by atoms with Crippen LogP contribution in [0.3, 0.4) is 0 Å². The molecule has 86 valence electrons. The van der Waals surface area contributed by atoms with Crippen molar-refractivity contribution < 1.29 is 4.92 Å². The fraction of sp³-hybridized carbons (Fsp3) is 0.273. The molecule has 0 saturated carbocycles. The highest BCUT2D eigenvalue weighted by atomic mass is 35.5. The van der Waals surface area contributed by atoms with Crippen LogP contribution in [-0.2, 0) is 0 Å². The fourth-order valence-electron chi connectivity index (χ4n) is 1.46. The molecule has 0 aliphatic heterocycles. The average Bonchev–Trinajstić information content (AvgIpc) is 2.21. The van der Waals surface area contributed by atoms with Gasteiger partial charge >= 0.3 is 0 Å². The second kappa shape index (κ2) is 5.87. The van der Waals surface area contributed by atoms with Crippen LogP contribution >= 0.6 is 23.2 Å². The third-order valence-electron chi connectivity index (χ3n) is 2.24. The Hall–Kier alpha value is -1.06. The van der Waals surface area contributed by atoms with Crippen molar-refractivity contribution in [2.75, 3.05) is 6.54 Å². The normalized spacial score (nSPS) is 12.1. The zero-order valence-corrected chi connectivity index (χ0v) is 10.0. The molecular formula is C11H11Cl2NO2. The van der Waals surface area contributed by atoms with Gasteiger partial charge in [0.05, 0.1) is 16.0 Å². The van der Waals surface area contributed by atoms with E-state index in [9.17, 15) is 10.1 Å². The molecule has 1 aromatic rings. The number of benzene rings is 1. The molecule has 5 heteroatoms. The maximum atomic E-state index is 10.5. The van der Waals surface area contributed by atoms with E-state index < -0.39 is 0 Å². The third-order valence-corrected chi connectivity index (χ3v) is 2.97. The lowest BCUT2D eigenvalue weighted by Crippen LogP contribution is -2.12. The van der Waals surface area contributed by atoms with Crippen LogP contribution in [0.5, 0.6) is 0 Å². The highest BCUT2D eigenvalue weighted by molar-refractivity contribution is 6.42. The lowest BCUT2D eigenvalue weighted by molar-refractivity contribution is -0.483. The molecule has 3 nitrogen and oxygen atoms in total. The van der Waals surface area contributed by atoms with Gasteiger partial charge in [-0.3, -0.25) is 10.1 Å². The van der Waals surface area contributed by atoms with Crippen LogP contribution in [0.1, 0.15) is 17.9 Å². The lowest BCUT2D eigenvalue weighted by Gasteiger charge is -2.11. The van der Waals surface area contributed by atoms with Crippen LogP contribution in [0.2, 0.25) is 10.0 Å². The SMILES string of the molecule is C=CCC(C[N+](=O)[O-])c1ccc(Cl)c(Cl)c1. The van der Waals surface area contributed by atoms with E-state index in [1.165, 1.54) is 0 Å². The van der Waals surface area contributed by atoms with Crippen LogP contribution in [0.15, 0.2) is 30.9 Å². The molecule has 1 atom stereocenters. The Morgan fingerprint density at radius 1 is 1.44 bits per heavy atom. The highest BCUT2D eigenvalue weighted by Gasteiger charge is 2.17. The standard InChI is InChI=1S/C11H11Cl2NO2/c1-2-3-9(7-14(15)16)8-4-5-10(12)11(13)6-8/h2,4-6,9H,1,3,7H2. The van der Waals surface area contributed by atoms with Crippen molar-refractivity contribution in [1.82, 2.24) is 0 Å². The molecule has 1 rings (SSSR count). The Bertz CT molecular complexity index is 407. The minimum atomic E-state index is -0.337. The number of nitrogens with zero attached hydrogens (tertiary/aromatic N) is 1. The van der Waals surface area contributed by atoms with Gasteiger partial charge in [-0.05, 0) is 24.1 Å². The van der Waals surface area contributed by atoms with E-state index in [4.69, 9.17) is 23.2 Å². The van der Waals surface area contributed by atoms with E-state index in [1.807, 2.05) is 0 Å². The molecular weight excluding hydrogens is 249 g/mol. The van der Waals surface area contributed by atoms with Gasteiger partial charge in [0.1, 0.15) is 0 Å². The summed E-state index contributed by atoms with van der Waals surface area (Å²) in [5.41, 5.74) is 0.811. The number of hydrogen-bond acceptors (Lipinski definition) is 2. The van der Waals surface area contributed by atoms with E-state index in [0.717, 1.165) is 5.56 Å². The molecule has 0 saturated heterocycles. The van der Waals surface area contributed by atoms with Gasteiger partial charge in [0.2, 0.25) is 6.54 Å². The monoisotopic (exact) mass is 259 g/mol. The van der Waals surface area contributed by atoms with E-state index in [0.29, 0.717) is 16.5 Å². The third kappa shape index (κ3) is 3.51. The van der Waals surface area contributed by atoms with Crippen LogP contribution in [0.4, 0.5) is 0 Å². The summed E-state index contributed by atoms with van der Waals surface area (Å²) in [6, 6.07) is 5.07. The summed E-state index contributed by atoms with van der Waals surface area (Å²) in [5, 5.41) is 11.4. The predicted octanol–water partition coefficient (Wildman–Crippen LogP) is 3.93. The minimum absolute atomic E-state index is 0.135. The van der Waals surface area contributed by atoms with Gasteiger partial charge in [-0.2, -0.15) is 0 Å². The predicted molar refractivity (Wildman–Crippen MR) is 65.9 cm³/mol. The van der Waals surface area contributed by atoms with Crippen molar-refractivity contribution in [3.63, 3.8) is 0 Å². The van der Waals surface area contributed by atoms with E-state index in [1.54, 1.807) is 24.3 Å². The molecule has 1 aromatic carbocycles. The van der Waals surface area contributed by atoms with Crippen LogP contribution in [0, 0.1) is 10.1 Å². The summed E-state index contributed by atoms with van der Waals surface area (Å²) in [4.78, 5) is 10.2. The largest absolute Gasteiger partial charge is 0.265 e. The first-order valence-electron chi connectivity index (χ1n) is 4.72. The second-order valence-electron chi connectivity index (χ2n) is 3.41. The summed E-state index contributed by atoms with van der Waals surface area (Å²) in [6.45, 7) is 3.46. The van der Waals surface area contributed by atoms with Crippen molar-refractivity contribution in [2.45, 2.75) is 12.3 Å². The van der Waals surface area contributed by atoms with Crippen molar-refractivity contribution >= 4 is 23.2 Å². The molecule has 0 radical (unpaired) electrons. The maximum absolute atomic E-state index is 10.5. The summed E-state index contributed by atoms with van der Waals surface area (Å²) in [6.07, 6.45) is 2.20. The first-order valence-corrected chi connectivity index (χ1v) is 5.47. The first-order chi connectivity index (χ1) is 7.54. The van der Waals surface area contributed by atoms with Crippen molar-refractivity contribution in [3.8, 4) is 0 Å². The average molecular weight is 260 g/mol. The Kier molecular flexibility index (Phi) is 4.77. The van der Waals surface area contributed by atoms with Gasteiger partial charge in [-0.15, -0.1) is 6.58 Å². The van der Waals surface area contributed by atoms with E-state index >= 15 is 0 Å². The number of halogens is 2. The molecule has 1 unspecified atom stereocenters. The first kappa shape index (κ1) is 13.0. The van der Waals surface area contributed by atoms with Gasteiger partial charge < -0.3 is 0 Å².